The van der Waals surface area contributed by atoms with E-state index in [1.165, 1.54) is 6.42 Å². The Morgan fingerprint density at radius 1 is 1.19 bits per heavy atom. The van der Waals surface area contributed by atoms with Crippen LogP contribution in [0.2, 0.25) is 0 Å². The van der Waals surface area contributed by atoms with Gasteiger partial charge in [0.1, 0.15) is 0 Å². The van der Waals surface area contributed by atoms with Gasteiger partial charge in [0.2, 0.25) is 15.9 Å². The number of rotatable bonds is 6. The summed E-state index contributed by atoms with van der Waals surface area (Å²) in [6.45, 7) is 7.97. The SMILES string of the molecule is CC(C)c1ccc(S(=O)(=O)NCCC(=O)N2CCC3(CCNC3)CC2)cc1. The molecule has 2 saturated heterocycles. The molecular formula is C20H31N3O3S. The number of carbonyl (C=O) groups excluding carboxylic acids is 1. The summed E-state index contributed by atoms with van der Waals surface area (Å²) in [5, 5.41) is 3.42. The van der Waals surface area contributed by atoms with E-state index < -0.39 is 10.0 Å². The van der Waals surface area contributed by atoms with Gasteiger partial charge in [-0.2, -0.15) is 0 Å². The number of nitrogens with zero attached hydrogens (tertiary/aromatic N) is 1. The van der Waals surface area contributed by atoms with E-state index >= 15 is 0 Å². The maximum absolute atomic E-state index is 12.4. The van der Waals surface area contributed by atoms with Gasteiger partial charge in [0.15, 0.2) is 0 Å². The largest absolute Gasteiger partial charge is 0.343 e. The molecule has 150 valence electrons. The van der Waals surface area contributed by atoms with Crippen LogP contribution in [0.5, 0.6) is 0 Å². The Hall–Kier alpha value is -1.44. The van der Waals surface area contributed by atoms with E-state index in [9.17, 15) is 13.2 Å². The number of amides is 1. The molecule has 0 saturated carbocycles. The molecule has 0 radical (unpaired) electrons. The molecule has 27 heavy (non-hydrogen) atoms. The van der Waals surface area contributed by atoms with Crippen LogP contribution in [-0.2, 0) is 14.8 Å². The normalized spacial score (nSPS) is 19.7. The minimum atomic E-state index is -3.58. The van der Waals surface area contributed by atoms with Gasteiger partial charge in [-0.1, -0.05) is 26.0 Å². The average molecular weight is 394 g/mol. The van der Waals surface area contributed by atoms with E-state index in [0.29, 0.717) is 11.3 Å². The molecule has 2 aliphatic heterocycles. The summed E-state index contributed by atoms with van der Waals surface area (Å²) in [5.74, 6) is 0.393. The first-order valence-electron chi connectivity index (χ1n) is 9.89. The second-order valence-electron chi connectivity index (χ2n) is 8.18. The maximum atomic E-state index is 12.4. The molecule has 0 aliphatic carbocycles. The first-order chi connectivity index (χ1) is 12.8. The second-order valence-corrected chi connectivity index (χ2v) is 9.95. The van der Waals surface area contributed by atoms with Gasteiger partial charge in [0.05, 0.1) is 4.90 Å². The first-order valence-corrected chi connectivity index (χ1v) is 11.4. The zero-order valence-corrected chi connectivity index (χ0v) is 17.1. The van der Waals surface area contributed by atoms with Crippen LogP contribution in [0.25, 0.3) is 0 Å². The number of nitrogens with one attached hydrogen (secondary N) is 2. The molecule has 0 unspecified atom stereocenters. The lowest BCUT2D eigenvalue weighted by Gasteiger charge is -2.39. The molecule has 7 heteroatoms. The summed E-state index contributed by atoms with van der Waals surface area (Å²) in [6, 6.07) is 6.93. The predicted octanol–water partition coefficient (Wildman–Crippen LogP) is 2.08. The topological polar surface area (TPSA) is 78.5 Å². The first kappa shape index (κ1) is 20.3. The Balaban J connectivity index is 1.46. The summed E-state index contributed by atoms with van der Waals surface area (Å²) in [7, 11) is -3.58. The molecule has 3 rings (SSSR count). The van der Waals surface area contributed by atoms with E-state index in [0.717, 1.165) is 44.6 Å². The number of hydrogen-bond donors (Lipinski definition) is 2. The van der Waals surface area contributed by atoms with Crippen molar-refractivity contribution >= 4 is 15.9 Å². The van der Waals surface area contributed by atoms with E-state index in [4.69, 9.17) is 0 Å². The summed E-state index contributed by atoms with van der Waals surface area (Å²) in [6.07, 6.45) is 3.48. The van der Waals surface area contributed by atoms with Crippen molar-refractivity contribution in [2.45, 2.75) is 50.3 Å². The van der Waals surface area contributed by atoms with Crippen molar-refractivity contribution in [1.82, 2.24) is 14.9 Å². The summed E-state index contributed by atoms with van der Waals surface area (Å²) in [4.78, 5) is 14.5. The van der Waals surface area contributed by atoms with Gasteiger partial charge in [-0.05, 0) is 54.8 Å². The highest BCUT2D eigenvalue weighted by Gasteiger charge is 2.37. The lowest BCUT2D eigenvalue weighted by atomic mass is 9.78. The third-order valence-electron chi connectivity index (χ3n) is 6.00. The zero-order chi connectivity index (χ0) is 19.5. The number of sulfonamides is 1. The van der Waals surface area contributed by atoms with E-state index in [-0.39, 0.29) is 23.8 Å². The smallest absolute Gasteiger partial charge is 0.240 e. The van der Waals surface area contributed by atoms with Crippen molar-refractivity contribution in [2.24, 2.45) is 5.41 Å². The fourth-order valence-corrected chi connectivity index (χ4v) is 5.05. The van der Waals surface area contributed by atoms with Crippen LogP contribution in [0.3, 0.4) is 0 Å². The molecule has 1 aromatic rings. The molecule has 0 atom stereocenters. The highest BCUT2D eigenvalue weighted by atomic mass is 32.2. The molecule has 6 nitrogen and oxygen atoms in total. The molecule has 0 bridgehead atoms. The van der Waals surface area contributed by atoms with Crippen LogP contribution in [0, 0.1) is 5.41 Å². The molecule has 2 heterocycles. The highest BCUT2D eigenvalue weighted by molar-refractivity contribution is 7.89. The predicted molar refractivity (Wildman–Crippen MR) is 106 cm³/mol. The summed E-state index contributed by atoms with van der Waals surface area (Å²) >= 11 is 0. The van der Waals surface area contributed by atoms with Gasteiger partial charge < -0.3 is 10.2 Å². The Morgan fingerprint density at radius 3 is 2.41 bits per heavy atom. The zero-order valence-electron chi connectivity index (χ0n) is 16.3. The van der Waals surface area contributed by atoms with Crippen LogP contribution >= 0.6 is 0 Å². The van der Waals surface area contributed by atoms with Crippen LogP contribution in [0.15, 0.2) is 29.2 Å². The summed E-state index contributed by atoms with van der Waals surface area (Å²) < 4.78 is 27.4. The van der Waals surface area contributed by atoms with E-state index in [1.54, 1.807) is 12.1 Å². The van der Waals surface area contributed by atoms with Crippen molar-refractivity contribution in [3.05, 3.63) is 29.8 Å². The Kier molecular flexibility index (Phi) is 6.23. The Morgan fingerprint density at radius 2 is 1.85 bits per heavy atom. The van der Waals surface area contributed by atoms with Gasteiger partial charge in [0.25, 0.3) is 0 Å². The second kappa shape index (κ2) is 8.29. The fraction of sp³-hybridized carbons (Fsp3) is 0.650. The third-order valence-corrected chi connectivity index (χ3v) is 7.47. The number of piperidine rings is 1. The van der Waals surface area contributed by atoms with Gasteiger partial charge in [-0.25, -0.2) is 13.1 Å². The van der Waals surface area contributed by atoms with Crippen LogP contribution in [-0.4, -0.2) is 51.9 Å². The number of carbonyl (C=O) groups is 1. The van der Waals surface area contributed by atoms with Gasteiger partial charge in [0, 0.05) is 32.6 Å². The number of likely N-dealkylation sites (tertiary alicyclic amines) is 1. The van der Waals surface area contributed by atoms with E-state index in [2.05, 4.69) is 23.9 Å². The Bertz CT molecular complexity index is 743. The van der Waals surface area contributed by atoms with Crippen molar-refractivity contribution in [1.29, 1.82) is 0 Å². The monoisotopic (exact) mass is 393 g/mol. The van der Waals surface area contributed by atoms with Crippen LogP contribution < -0.4 is 10.0 Å². The summed E-state index contributed by atoms with van der Waals surface area (Å²) in [5.41, 5.74) is 1.48. The lowest BCUT2D eigenvalue weighted by Crippen LogP contribution is -2.44. The average Bonchev–Trinajstić information content (AvgIpc) is 3.10. The van der Waals surface area contributed by atoms with Crippen molar-refractivity contribution in [3.8, 4) is 0 Å². The fourth-order valence-electron chi connectivity index (χ4n) is 4.02. The standard InChI is InChI=1S/C20H31N3O3S/c1-16(2)17-3-5-18(6-4-17)27(25,26)22-11-7-19(24)23-13-9-20(10-14-23)8-12-21-15-20/h3-6,16,21-22H,7-15H2,1-2H3. The van der Waals surface area contributed by atoms with Crippen LogP contribution in [0.4, 0.5) is 0 Å². The molecule has 2 N–H and O–H groups in total. The van der Waals surface area contributed by atoms with Gasteiger partial charge >= 0.3 is 0 Å². The molecule has 1 amide bonds. The Labute approximate surface area is 162 Å². The van der Waals surface area contributed by atoms with Gasteiger partial charge in [-0.3, -0.25) is 4.79 Å². The van der Waals surface area contributed by atoms with Gasteiger partial charge in [-0.15, -0.1) is 0 Å². The molecule has 2 aliphatic rings. The lowest BCUT2D eigenvalue weighted by molar-refractivity contribution is -0.133. The maximum Gasteiger partial charge on any atom is 0.240 e. The number of benzene rings is 1. The third kappa shape index (κ3) is 4.89. The minimum absolute atomic E-state index is 0.0358. The highest BCUT2D eigenvalue weighted by Crippen LogP contribution is 2.36. The van der Waals surface area contributed by atoms with Crippen molar-refractivity contribution in [2.75, 3.05) is 32.7 Å². The van der Waals surface area contributed by atoms with Crippen molar-refractivity contribution in [3.63, 3.8) is 0 Å². The molecule has 1 spiro atoms. The molecular weight excluding hydrogens is 362 g/mol. The minimum Gasteiger partial charge on any atom is -0.343 e. The molecule has 1 aromatic carbocycles. The van der Waals surface area contributed by atoms with Crippen molar-refractivity contribution < 1.29 is 13.2 Å². The molecule has 0 aromatic heterocycles. The quantitative estimate of drug-likeness (QED) is 0.776. The molecule has 2 fully saturated rings. The van der Waals surface area contributed by atoms with E-state index in [1.807, 2.05) is 17.0 Å². The number of hydrogen-bond acceptors (Lipinski definition) is 4. The van der Waals surface area contributed by atoms with Crippen LogP contribution in [0.1, 0.15) is 51.0 Å².